The Bertz CT molecular complexity index is 1100. The molecule has 2 bridgehead atoms. The maximum Gasteiger partial charge on any atom is 0.414 e. The molecule has 0 unspecified atom stereocenters. The van der Waals surface area contributed by atoms with E-state index in [2.05, 4.69) is 0 Å². The maximum absolute atomic E-state index is 13.8. The number of fused-ring (bicyclic) bond motifs is 4. The van der Waals surface area contributed by atoms with E-state index in [0.717, 1.165) is 0 Å². The SMILES string of the molecule is COC(=O)[C@@H]1C[C@@]23C=CC(=O)N2CC[C@@]2(C(=O)OC)c4ccccc4N(C(=O)OC)[C@@]12CC3. The van der Waals surface area contributed by atoms with Crippen molar-refractivity contribution in [3.05, 3.63) is 42.0 Å². The lowest BCUT2D eigenvalue weighted by Gasteiger charge is -2.60. The van der Waals surface area contributed by atoms with E-state index in [-0.39, 0.29) is 31.7 Å². The molecule has 5 aliphatic rings. The molecular formula is C24H26N2O7. The van der Waals surface area contributed by atoms with Crippen molar-refractivity contribution in [1.29, 1.82) is 0 Å². The van der Waals surface area contributed by atoms with Crippen LogP contribution in [0.4, 0.5) is 10.5 Å². The van der Waals surface area contributed by atoms with E-state index in [1.165, 1.54) is 32.3 Å². The Morgan fingerprint density at radius 2 is 1.76 bits per heavy atom. The van der Waals surface area contributed by atoms with Gasteiger partial charge in [0.2, 0.25) is 5.91 Å². The number of carbonyl (C=O) groups excluding carboxylic acids is 4. The van der Waals surface area contributed by atoms with Crippen molar-refractivity contribution in [3.8, 4) is 0 Å². The number of nitrogens with zero attached hydrogens (tertiary/aromatic N) is 2. The summed E-state index contributed by atoms with van der Waals surface area (Å²) in [4.78, 5) is 56.6. The predicted molar refractivity (Wildman–Crippen MR) is 115 cm³/mol. The lowest BCUT2D eigenvalue weighted by Crippen LogP contribution is -2.74. The molecule has 9 nitrogen and oxygen atoms in total. The number of carbonyl (C=O) groups is 4. The fourth-order valence-corrected chi connectivity index (χ4v) is 6.97. The van der Waals surface area contributed by atoms with Crippen molar-refractivity contribution in [2.75, 3.05) is 32.8 Å². The molecule has 1 aliphatic carbocycles. The maximum atomic E-state index is 13.8. The van der Waals surface area contributed by atoms with Crippen molar-refractivity contribution in [1.82, 2.24) is 4.90 Å². The van der Waals surface area contributed by atoms with Crippen LogP contribution in [-0.2, 0) is 34.0 Å². The first-order valence-electron chi connectivity index (χ1n) is 11.0. The lowest BCUT2D eigenvalue weighted by molar-refractivity contribution is -0.167. The number of anilines is 1. The van der Waals surface area contributed by atoms with E-state index in [0.29, 0.717) is 17.7 Å². The van der Waals surface area contributed by atoms with Crippen LogP contribution in [0, 0.1) is 5.92 Å². The zero-order chi connectivity index (χ0) is 23.6. The minimum atomic E-state index is -1.39. The zero-order valence-corrected chi connectivity index (χ0v) is 18.8. The van der Waals surface area contributed by atoms with Gasteiger partial charge in [0.15, 0.2) is 0 Å². The van der Waals surface area contributed by atoms with Crippen LogP contribution in [0.3, 0.4) is 0 Å². The molecule has 4 heterocycles. The first-order valence-corrected chi connectivity index (χ1v) is 11.0. The molecule has 1 aromatic carbocycles. The van der Waals surface area contributed by atoms with Crippen LogP contribution in [0.2, 0.25) is 0 Å². The topological polar surface area (TPSA) is 102 Å². The van der Waals surface area contributed by atoms with Crippen LogP contribution in [0.5, 0.6) is 0 Å². The fourth-order valence-electron chi connectivity index (χ4n) is 6.97. The summed E-state index contributed by atoms with van der Waals surface area (Å²) in [6.07, 6.45) is 3.89. The molecule has 1 saturated carbocycles. The van der Waals surface area contributed by atoms with Gasteiger partial charge in [-0.2, -0.15) is 0 Å². The highest BCUT2D eigenvalue weighted by molar-refractivity contribution is 6.03. The largest absolute Gasteiger partial charge is 0.469 e. The number of amides is 2. The average Bonchev–Trinajstić information content (AvgIpc) is 3.25. The van der Waals surface area contributed by atoms with E-state index in [1.807, 2.05) is 6.08 Å². The Hall–Kier alpha value is -3.36. The number of benzene rings is 1. The van der Waals surface area contributed by atoms with Crippen molar-refractivity contribution in [2.45, 2.75) is 42.2 Å². The molecule has 4 aliphatic heterocycles. The van der Waals surface area contributed by atoms with Gasteiger partial charge in [0.25, 0.3) is 0 Å². The van der Waals surface area contributed by atoms with E-state index in [1.54, 1.807) is 29.2 Å². The smallest absolute Gasteiger partial charge is 0.414 e. The van der Waals surface area contributed by atoms with Gasteiger partial charge >= 0.3 is 18.0 Å². The second kappa shape index (κ2) is 7.07. The molecule has 0 N–H and O–H groups in total. The number of hydrogen-bond donors (Lipinski definition) is 0. The fraction of sp³-hybridized carbons (Fsp3) is 0.500. The summed E-state index contributed by atoms with van der Waals surface area (Å²) in [5.74, 6) is -2.15. The van der Waals surface area contributed by atoms with Crippen LogP contribution in [0.15, 0.2) is 36.4 Å². The Kier molecular flexibility index (Phi) is 4.60. The molecule has 9 heteroatoms. The highest BCUT2D eigenvalue weighted by atomic mass is 16.5. The number of esters is 2. The first kappa shape index (κ1) is 21.5. The van der Waals surface area contributed by atoms with Gasteiger partial charge in [0, 0.05) is 12.6 Å². The average molecular weight is 454 g/mol. The Labute approximate surface area is 191 Å². The standard InChI is InChI=1S/C24H26N2O7/c1-31-19(28)16-14-22-9-8-18(27)25(22)13-12-23(20(29)32-2)15-6-4-5-7-17(15)26(21(30)33-3)24(16,23)11-10-22/h4-9,16H,10-14H2,1-3H3/t16-,22-,23-,24-/m0/s1. The minimum absolute atomic E-state index is 0.149. The molecule has 2 amide bonds. The summed E-state index contributed by atoms with van der Waals surface area (Å²) < 4.78 is 15.8. The summed E-state index contributed by atoms with van der Waals surface area (Å²) in [6.45, 7) is 0.278. The molecule has 0 aromatic heterocycles. The summed E-state index contributed by atoms with van der Waals surface area (Å²) in [5.41, 5.74) is -2.27. The molecule has 2 spiro atoms. The van der Waals surface area contributed by atoms with Gasteiger partial charge in [0.1, 0.15) is 5.41 Å². The van der Waals surface area contributed by atoms with Gasteiger partial charge in [-0.25, -0.2) is 4.79 Å². The number of hydrogen-bond acceptors (Lipinski definition) is 7. The second-order valence-electron chi connectivity index (χ2n) is 9.10. The number of ether oxygens (including phenoxy) is 3. The van der Waals surface area contributed by atoms with Crippen molar-refractivity contribution in [2.24, 2.45) is 5.92 Å². The summed E-state index contributed by atoms with van der Waals surface area (Å²) >= 11 is 0. The van der Waals surface area contributed by atoms with Crippen LogP contribution < -0.4 is 4.90 Å². The Morgan fingerprint density at radius 3 is 2.45 bits per heavy atom. The molecule has 6 rings (SSSR count). The molecule has 33 heavy (non-hydrogen) atoms. The molecule has 1 aromatic rings. The van der Waals surface area contributed by atoms with Crippen LogP contribution >= 0.6 is 0 Å². The third-order valence-corrected chi connectivity index (χ3v) is 8.24. The van der Waals surface area contributed by atoms with Crippen molar-refractivity contribution in [3.63, 3.8) is 0 Å². The third-order valence-electron chi connectivity index (χ3n) is 8.24. The van der Waals surface area contributed by atoms with E-state index >= 15 is 0 Å². The number of methoxy groups -OCH3 is 3. The summed E-state index contributed by atoms with van der Waals surface area (Å²) in [6, 6.07) is 7.11. The van der Waals surface area contributed by atoms with Gasteiger partial charge in [-0.3, -0.25) is 19.3 Å². The Morgan fingerprint density at radius 1 is 1.00 bits per heavy atom. The Balaban J connectivity index is 1.87. The van der Waals surface area contributed by atoms with Crippen molar-refractivity contribution >= 4 is 29.6 Å². The molecule has 2 saturated heterocycles. The minimum Gasteiger partial charge on any atom is -0.469 e. The summed E-state index contributed by atoms with van der Waals surface area (Å²) in [5, 5.41) is 0. The summed E-state index contributed by atoms with van der Waals surface area (Å²) in [7, 11) is 3.87. The van der Waals surface area contributed by atoms with Gasteiger partial charge in [-0.15, -0.1) is 0 Å². The van der Waals surface area contributed by atoms with Crippen LogP contribution in [0.25, 0.3) is 0 Å². The quantitative estimate of drug-likeness (QED) is 0.497. The number of para-hydroxylation sites is 1. The third kappa shape index (κ3) is 2.37. The second-order valence-corrected chi connectivity index (χ2v) is 9.10. The molecule has 3 fully saturated rings. The van der Waals surface area contributed by atoms with Gasteiger partial charge in [0.05, 0.1) is 44.0 Å². The highest BCUT2D eigenvalue weighted by Crippen LogP contribution is 2.65. The molecule has 4 atom stereocenters. The normalized spacial score (nSPS) is 33.5. The van der Waals surface area contributed by atoms with Crippen molar-refractivity contribution < 1.29 is 33.4 Å². The van der Waals surface area contributed by atoms with Gasteiger partial charge in [-0.05, 0) is 37.3 Å². The van der Waals surface area contributed by atoms with E-state index in [4.69, 9.17) is 14.2 Å². The molecule has 0 radical (unpaired) electrons. The predicted octanol–water partition coefficient (Wildman–Crippen LogP) is 1.94. The monoisotopic (exact) mass is 454 g/mol. The van der Waals surface area contributed by atoms with E-state index < -0.39 is 40.4 Å². The van der Waals surface area contributed by atoms with Gasteiger partial charge in [-0.1, -0.05) is 24.3 Å². The zero-order valence-electron chi connectivity index (χ0n) is 18.8. The highest BCUT2D eigenvalue weighted by Gasteiger charge is 2.76. The van der Waals surface area contributed by atoms with E-state index in [9.17, 15) is 19.2 Å². The molecular weight excluding hydrogens is 428 g/mol. The van der Waals surface area contributed by atoms with Crippen LogP contribution in [-0.4, -0.2) is 67.8 Å². The number of rotatable bonds is 2. The lowest BCUT2D eigenvalue weighted by atomic mass is 9.51. The van der Waals surface area contributed by atoms with Gasteiger partial charge < -0.3 is 19.1 Å². The first-order chi connectivity index (χ1) is 15.8. The molecule has 174 valence electrons. The van der Waals surface area contributed by atoms with Crippen LogP contribution in [0.1, 0.15) is 31.2 Å².